The molecule has 3 rings (SSSR count). The molecule has 0 radical (unpaired) electrons. The lowest BCUT2D eigenvalue weighted by molar-refractivity contribution is -0.146. The monoisotopic (exact) mass is 321 g/mol. The van der Waals surface area contributed by atoms with Crippen molar-refractivity contribution in [2.45, 2.75) is 25.4 Å². The molecule has 1 amide bonds. The van der Waals surface area contributed by atoms with Crippen molar-refractivity contribution < 1.29 is 23.5 Å². The van der Waals surface area contributed by atoms with Crippen LogP contribution in [0.25, 0.3) is 0 Å². The van der Waals surface area contributed by atoms with Gasteiger partial charge in [0.15, 0.2) is 5.78 Å². The molecule has 1 aromatic carbocycles. The minimum Gasteiger partial charge on any atom is -0.496 e. The van der Waals surface area contributed by atoms with E-state index in [1.54, 1.807) is 4.90 Å². The predicted molar refractivity (Wildman–Crippen MR) is 80.7 cm³/mol. The summed E-state index contributed by atoms with van der Waals surface area (Å²) in [5, 5.41) is 0. The molecule has 0 spiro atoms. The van der Waals surface area contributed by atoms with E-state index in [0.717, 1.165) is 12.8 Å². The van der Waals surface area contributed by atoms with Gasteiger partial charge in [-0.25, -0.2) is 4.39 Å². The summed E-state index contributed by atoms with van der Waals surface area (Å²) in [6.45, 7) is 1.09. The standard InChI is InChI=1S/C17H20FNO4/c1-22-14-5-4-13(18)8-12(14)9-16(20)19-6-7-23-15(10-19)17(21)11-2-3-11/h4-5,8,11,15H,2-3,6-7,9-10H2,1H3. The highest BCUT2D eigenvalue weighted by Gasteiger charge is 2.38. The van der Waals surface area contributed by atoms with Crippen molar-refractivity contribution in [3.8, 4) is 5.75 Å². The lowest BCUT2D eigenvalue weighted by Gasteiger charge is -2.32. The number of Topliss-reactive ketones (excluding diaryl/α,β-unsaturated/α-hetero) is 1. The summed E-state index contributed by atoms with van der Waals surface area (Å²) < 4.78 is 24.1. The van der Waals surface area contributed by atoms with Crippen LogP contribution >= 0.6 is 0 Å². The number of halogens is 1. The fourth-order valence-electron chi connectivity index (χ4n) is 2.84. The van der Waals surface area contributed by atoms with Gasteiger partial charge in [-0.05, 0) is 31.0 Å². The fraction of sp³-hybridized carbons (Fsp3) is 0.529. The van der Waals surface area contributed by atoms with Gasteiger partial charge < -0.3 is 14.4 Å². The minimum atomic E-state index is -0.519. The molecule has 124 valence electrons. The molecule has 1 atom stereocenters. The second-order valence-electron chi connectivity index (χ2n) is 6.01. The van der Waals surface area contributed by atoms with Crippen molar-refractivity contribution in [2.75, 3.05) is 26.8 Å². The summed E-state index contributed by atoms with van der Waals surface area (Å²) in [6.07, 6.45) is 1.38. The first-order chi connectivity index (χ1) is 11.1. The largest absolute Gasteiger partial charge is 0.496 e. The van der Waals surface area contributed by atoms with Gasteiger partial charge in [0.2, 0.25) is 5.91 Å². The topological polar surface area (TPSA) is 55.8 Å². The maximum absolute atomic E-state index is 13.4. The first kappa shape index (κ1) is 15.9. The number of ether oxygens (including phenoxy) is 2. The van der Waals surface area contributed by atoms with Crippen molar-refractivity contribution in [3.05, 3.63) is 29.6 Å². The average molecular weight is 321 g/mol. The van der Waals surface area contributed by atoms with Crippen molar-refractivity contribution in [1.82, 2.24) is 4.90 Å². The molecule has 0 N–H and O–H groups in total. The van der Waals surface area contributed by atoms with Gasteiger partial charge in [-0.15, -0.1) is 0 Å². The number of carbonyl (C=O) groups excluding carboxylic acids is 2. The van der Waals surface area contributed by atoms with E-state index < -0.39 is 11.9 Å². The van der Waals surface area contributed by atoms with Gasteiger partial charge in [-0.3, -0.25) is 9.59 Å². The third-order valence-corrected chi connectivity index (χ3v) is 4.30. The normalized spacial score (nSPS) is 21.1. The van der Waals surface area contributed by atoms with Crippen molar-refractivity contribution in [2.24, 2.45) is 5.92 Å². The maximum Gasteiger partial charge on any atom is 0.227 e. The number of carbonyl (C=O) groups is 2. The predicted octanol–water partition coefficient (Wildman–Crippen LogP) is 1.58. The number of ketones is 1. The summed E-state index contributed by atoms with van der Waals surface area (Å²) in [5.41, 5.74) is 0.508. The van der Waals surface area contributed by atoms with Crippen LogP contribution in [-0.2, 0) is 20.7 Å². The van der Waals surface area contributed by atoms with E-state index in [4.69, 9.17) is 9.47 Å². The molecule has 1 heterocycles. The Hall–Kier alpha value is -1.95. The molecule has 1 unspecified atom stereocenters. The summed E-state index contributed by atoms with van der Waals surface area (Å²) in [5.74, 6) is 0.144. The Kier molecular flexibility index (Phi) is 4.61. The Balaban J connectivity index is 1.65. The van der Waals surface area contributed by atoms with E-state index in [1.165, 1.54) is 25.3 Å². The van der Waals surface area contributed by atoms with E-state index in [0.29, 0.717) is 24.5 Å². The molecule has 0 bridgehead atoms. The van der Waals surface area contributed by atoms with Crippen LogP contribution in [-0.4, -0.2) is 49.5 Å². The summed E-state index contributed by atoms with van der Waals surface area (Å²) in [4.78, 5) is 26.2. The van der Waals surface area contributed by atoms with E-state index >= 15 is 0 Å². The molecule has 1 aromatic rings. The minimum absolute atomic E-state index is 0.0469. The zero-order valence-corrected chi connectivity index (χ0v) is 13.1. The van der Waals surface area contributed by atoms with Crippen molar-refractivity contribution in [1.29, 1.82) is 0 Å². The molecule has 2 fully saturated rings. The molecular formula is C17H20FNO4. The number of methoxy groups -OCH3 is 1. The number of hydrogen-bond acceptors (Lipinski definition) is 4. The third kappa shape index (κ3) is 3.69. The Labute approximate surface area is 134 Å². The van der Waals surface area contributed by atoms with Gasteiger partial charge in [0.1, 0.15) is 17.7 Å². The second kappa shape index (κ2) is 6.66. The zero-order valence-electron chi connectivity index (χ0n) is 13.1. The number of rotatable bonds is 5. The molecular weight excluding hydrogens is 301 g/mol. The van der Waals surface area contributed by atoms with Crippen LogP contribution in [0.5, 0.6) is 5.75 Å². The third-order valence-electron chi connectivity index (χ3n) is 4.30. The lowest BCUT2D eigenvalue weighted by Crippen LogP contribution is -2.49. The number of morpholine rings is 1. The molecule has 23 heavy (non-hydrogen) atoms. The van der Waals surface area contributed by atoms with Crippen molar-refractivity contribution >= 4 is 11.7 Å². The first-order valence-corrected chi connectivity index (χ1v) is 7.84. The highest BCUT2D eigenvalue weighted by atomic mass is 19.1. The van der Waals surface area contributed by atoms with E-state index in [-0.39, 0.29) is 30.6 Å². The molecule has 1 aliphatic carbocycles. The molecule has 1 saturated heterocycles. The van der Waals surface area contributed by atoms with E-state index in [9.17, 15) is 14.0 Å². The van der Waals surface area contributed by atoms with Gasteiger partial charge in [0.05, 0.1) is 26.7 Å². The van der Waals surface area contributed by atoms with Crippen LogP contribution in [0.15, 0.2) is 18.2 Å². The molecule has 1 aliphatic heterocycles. The maximum atomic E-state index is 13.4. The summed E-state index contributed by atoms with van der Waals surface area (Å²) in [7, 11) is 1.49. The summed E-state index contributed by atoms with van der Waals surface area (Å²) >= 11 is 0. The van der Waals surface area contributed by atoms with Crippen LogP contribution in [0.1, 0.15) is 18.4 Å². The van der Waals surface area contributed by atoms with E-state index in [2.05, 4.69) is 0 Å². The van der Waals surface area contributed by atoms with Gasteiger partial charge >= 0.3 is 0 Å². The van der Waals surface area contributed by atoms with Crippen LogP contribution in [0.4, 0.5) is 4.39 Å². The van der Waals surface area contributed by atoms with Crippen molar-refractivity contribution in [3.63, 3.8) is 0 Å². The smallest absolute Gasteiger partial charge is 0.227 e. The first-order valence-electron chi connectivity index (χ1n) is 7.84. The molecule has 5 nitrogen and oxygen atoms in total. The number of nitrogens with zero attached hydrogens (tertiary/aromatic N) is 1. The van der Waals surface area contributed by atoms with Gasteiger partial charge in [-0.2, -0.15) is 0 Å². The van der Waals surface area contributed by atoms with Gasteiger partial charge in [0.25, 0.3) is 0 Å². The Bertz CT molecular complexity index is 615. The second-order valence-corrected chi connectivity index (χ2v) is 6.01. The Morgan fingerprint density at radius 3 is 2.87 bits per heavy atom. The highest BCUT2D eigenvalue weighted by Crippen LogP contribution is 2.32. The molecule has 2 aliphatic rings. The molecule has 1 saturated carbocycles. The average Bonchev–Trinajstić information content (AvgIpc) is 3.39. The Morgan fingerprint density at radius 2 is 2.17 bits per heavy atom. The number of amides is 1. The molecule has 6 heteroatoms. The fourth-order valence-corrected chi connectivity index (χ4v) is 2.84. The SMILES string of the molecule is COc1ccc(F)cc1CC(=O)N1CCOC(C(=O)C2CC2)C1. The molecule has 0 aromatic heterocycles. The van der Waals surface area contributed by atoms with Gasteiger partial charge in [-0.1, -0.05) is 0 Å². The van der Waals surface area contributed by atoms with Crippen LogP contribution < -0.4 is 4.74 Å². The number of hydrogen-bond donors (Lipinski definition) is 0. The quantitative estimate of drug-likeness (QED) is 0.826. The highest BCUT2D eigenvalue weighted by molar-refractivity contribution is 5.88. The Morgan fingerprint density at radius 1 is 1.39 bits per heavy atom. The lowest BCUT2D eigenvalue weighted by atomic mass is 10.1. The summed E-state index contributed by atoms with van der Waals surface area (Å²) in [6, 6.07) is 4.12. The van der Waals surface area contributed by atoms with Crippen LogP contribution in [0, 0.1) is 11.7 Å². The van der Waals surface area contributed by atoms with Gasteiger partial charge in [0, 0.05) is 18.0 Å². The van der Waals surface area contributed by atoms with Crippen LogP contribution in [0.2, 0.25) is 0 Å². The van der Waals surface area contributed by atoms with E-state index in [1.807, 2.05) is 0 Å². The number of benzene rings is 1. The zero-order chi connectivity index (χ0) is 16.4. The van der Waals surface area contributed by atoms with Crippen LogP contribution in [0.3, 0.4) is 0 Å².